The Morgan fingerprint density at radius 3 is 2.44 bits per heavy atom. The quantitative estimate of drug-likeness (QED) is 0.622. The predicted octanol–water partition coefficient (Wildman–Crippen LogP) is 4.46. The molecule has 4 rings (SSSR count). The van der Waals surface area contributed by atoms with E-state index in [0.29, 0.717) is 24.9 Å². The molecule has 0 radical (unpaired) electrons. The molecule has 1 heterocycles. The Kier molecular flexibility index (Phi) is 8.23. The third-order valence-electron chi connectivity index (χ3n) is 7.28. The van der Waals surface area contributed by atoms with E-state index in [0.717, 1.165) is 37.7 Å². The standard InChI is InChI=1S/C28H35FN4O3/c1-19-10-6-7-15-23(19)25(26(34)31-21-12-4-3-5-13-21)33(22-14-8-11-20(29)18-22)27(35)24-16-9-17-32(24)28(36)30-2/h6-8,10-11,14-15,18,21,24-25H,3-5,9,12-13,16-17H2,1-2H3,(H,30,36)(H,31,34)/t24-,25+/m1/s1. The molecule has 2 N–H and O–H groups in total. The molecule has 2 aromatic carbocycles. The number of halogens is 1. The van der Waals surface area contributed by atoms with E-state index >= 15 is 0 Å². The van der Waals surface area contributed by atoms with Gasteiger partial charge in [0.25, 0.3) is 5.91 Å². The number of urea groups is 1. The second-order valence-electron chi connectivity index (χ2n) is 9.70. The van der Waals surface area contributed by atoms with Gasteiger partial charge in [-0.25, -0.2) is 9.18 Å². The molecular formula is C28H35FN4O3. The van der Waals surface area contributed by atoms with Crippen molar-refractivity contribution in [1.82, 2.24) is 15.5 Å². The van der Waals surface area contributed by atoms with Gasteiger partial charge < -0.3 is 15.5 Å². The first kappa shape index (κ1) is 25.7. The highest BCUT2D eigenvalue weighted by Crippen LogP contribution is 2.34. The van der Waals surface area contributed by atoms with Crippen molar-refractivity contribution >= 4 is 23.5 Å². The molecule has 2 fully saturated rings. The van der Waals surface area contributed by atoms with Gasteiger partial charge in [0.1, 0.15) is 17.9 Å². The lowest BCUT2D eigenvalue weighted by molar-refractivity contribution is -0.128. The molecule has 0 spiro atoms. The van der Waals surface area contributed by atoms with E-state index in [1.807, 2.05) is 31.2 Å². The Morgan fingerprint density at radius 2 is 1.75 bits per heavy atom. The van der Waals surface area contributed by atoms with Gasteiger partial charge in [-0.05, 0) is 61.9 Å². The van der Waals surface area contributed by atoms with Gasteiger partial charge in [0, 0.05) is 25.3 Å². The van der Waals surface area contributed by atoms with Crippen LogP contribution in [-0.4, -0.2) is 48.4 Å². The third-order valence-corrected chi connectivity index (χ3v) is 7.28. The lowest BCUT2D eigenvalue weighted by Crippen LogP contribution is -2.54. The highest BCUT2D eigenvalue weighted by molar-refractivity contribution is 6.05. The maximum absolute atomic E-state index is 14.4. The van der Waals surface area contributed by atoms with Crippen molar-refractivity contribution in [1.29, 1.82) is 0 Å². The van der Waals surface area contributed by atoms with Crippen LogP contribution in [0.5, 0.6) is 0 Å². The summed E-state index contributed by atoms with van der Waals surface area (Å²) in [6.07, 6.45) is 6.19. The molecule has 0 aromatic heterocycles. The summed E-state index contributed by atoms with van der Waals surface area (Å²) in [5, 5.41) is 5.78. The lowest BCUT2D eigenvalue weighted by Gasteiger charge is -2.37. The van der Waals surface area contributed by atoms with Crippen LogP contribution < -0.4 is 15.5 Å². The summed E-state index contributed by atoms with van der Waals surface area (Å²) >= 11 is 0. The first-order valence-corrected chi connectivity index (χ1v) is 12.8. The summed E-state index contributed by atoms with van der Waals surface area (Å²) in [6, 6.07) is 11.2. The smallest absolute Gasteiger partial charge is 0.317 e. The van der Waals surface area contributed by atoms with Crippen molar-refractivity contribution in [3.8, 4) is 0 Å². The molecule has 1 saturated carbocycles. The first-order chi connectivity index (χ1) is 17.4. The molecule has 1 aliphatic carbocycles. The van der Waals surface area contributed by atoms with Crippen molar-refractivity contribution in [3.63, 3.8) is 0 Å². The van der Waals surface area contributed by atoms with E-state index in [-0.39, 0.29) is 23.7 Å². The molecule has 0 bridgehead atoms. The molecule has 8 heteroatoms. The van der Waals surface area contributed by atoms with Gasteiger partial charge in [0.2, 0.25) is 5.91 Å². The van der Waals surface area contributed by atoms with Crippen LogP contribution in [0.1, 0.15) is 62.1 Å². The number of hydrogen-bond acceptors (Lipinski definition) is 3. The number of amides is 4. The Hall–Kier alpha value is -3.42. The first-order valence-electron chi connectivity index (χ1n) is 12.8. The van der Waals surface area contributed by atoms with Gasteiger partial charge in [0.05, 0.1) is 0 Å². The van der Waals surface area contributed by atoms with E-state index in [1.54, 1.807) is 6.07 Å². The van der Waals surface area contributed by atoms with Crippen LogP contribution in [0.15, 0.2) is 48.5 Å². The maximum atomic E-state index is 14.4. The van der Waals surface area contributed by atoms with Crippen molar-refractivity contribution in [2.45, 2.75) is 70.0 Å². The Bertz CT molecular complexity index is 1100. The number of nitrogens with zero attached hydrogens (tertiary/aromatic N) is 2. The molecule has 1 aliphatic heterocycles. The van der Waals surface area contributed by atoms with E-state index in [1.165, 1.54) is 35.0 Å². The van der Waals surface area contributed by atoms with Gasteiger partial charge in [0.15, 0.2) is 0 Å². The zero-order valence-electron chi connectivity index (χ0n) is 21.0. The number of benzene rings is 2. The van der Waals surface area contributed by atoms with Crippen molar-refractivity contribution in [2.24, 2.45) is 0 Å². The largest absolute Gasteiger partial charge is 0.351 e. The topological polar surface area (TPSA) is 81.8 Å². The number of nitrogens with one attached hydrogen (secondary N) is 2. The second kappa shape index (κ2) is 11.5. The third kappa shape index (κ3) is 5.53. The summed E-state index contributed by atoms with van der Waals surface area (Å²) in [6.45, 7) is 2.34. The van der Waals surface area contributed by atoms with Crippen LogP contribution in [0.2, 0.25) is 0 Å². The number of aryl methyl sites for hydroxylation is 1. The van der Waals surface area contributed by atoms with E-state index in [2.05, 4.69) is 10.6 Å². The molecule has 2 aliphatic rings. The van der Waals surface area contributed by atoms with E-state index in [4.69, 9.17) is 0 Å². The minimum Gasteiger partial charge on any atom is -0.351 e. The van der Waals surface area contributed by atoms with E-state index in [9.17, 15) is 18.8 Å². The molecule has 0 unspecified atom stereocenters. The number of anilines is 1. The molecular weight excluding hydrogens is 459 g/mol. The minimum atomic E-state index is -1.01. The number of rotatable bonds is 6. The molecule has 4 amide bonds. The molecule has 2 aromatic rings. The SMILES string of the molecule is CNC(=O)N1CCC[C@@H]1C(=O)N(c1cccc(F)c1)[C@H](C(=O)NC1CCCCC1)c1ccccc1C. The lowest BCUT2D eigenvalue weighted by atomic mass is 9.93. The van der Waals surface area contributed by atoms with Gasteiger partial charge in [-0.15, -0.1) is 0 Å². The number of hydrogen-bond donors (Lipinski definition) is 2. The summed E-state index contributed by atoms with van der Waals surface area (Å²) < 4.78 is 14.4. The van der Waals surface area contributed by atoms with Crippen LogP contribution in [-0.2, 0) is 9.59 Å². The van der Waals surface area contributed by atoms with Crippen molar-refractivity contribution in [2.75, 3.05) is 18.5 Å². The second-order valence-corrected chi connectivity index (χ2v) is 9.70. The predicted molar refractivity (Wildman–Crippen MR) is 137 cm³/mol. The number of likely N-dealkylation sites (tertiary alicyclic amines) is 1. The zero-order chi connectivity index (χ0) is 25.7. The Balaban J connectivity index is 1.80. The highest BCUT2D eigenvalue weighted by atomic mass is 19.1. The maximum Gasteiger partial charge on any atom is 0.317 e. The molecule has 2 atom stereocenters. The molecule has 1 saturated heterocycles. The van der Waals surface area contributed by atoms with Crippen LogP contribution >= 0.6 is 0 Å². The molecule has 192 valence electrons. The summed E-state index contributed by atoms with van der Waals surface area (Å²) in [5.74, 6) is -1.19. The van der Waals surface area contributed by atoms with Gasteiger partial charge in [-0.1, -0.05) is 49.6 Å². The molecule has 36 heavy (non-hydrogen) atoms. The van der Waals surface area contributed by atoms with Gasteiger partial charge >= 0.3 is 6.03 Å². The number of carbonyl (C=O) groups is 3. The summed E-state index contributed by atoms with van der Waals surface area (Å²) in [7, 11) is 1.53. The monoisotopic (exact) mass is 494 g/mol. The summed E-state index contributed by atoms with van der Waals surface area (Å²) in [4.78, 5) is 43.6. The van der Waals surface area contributed by atoms with Crippen LogP contribution in [0.4, 0.5) is 14.9 Å². The number of carbonyl (C=O) groups excluding carboxylic acids is 3. The highest BCUT2D eigenvalue weighted by Gasteiger charge is 2.42. The van der Waals surface area contributed by atoms with Crippen molar-refractivity contribution < 1.29 is 18.8 Å². The van der Waals surface area contributed by atoms with Crippen LogP contribution in [0.25, 0.3) is 0 Å². The Labute approximate surface area is 212 Å². The Morgan fingerprint density at radius 1 is 1.00 bits per heavy atom. The minimum absolute atomic E-state index is 0.0380. The van der Waals surface area contributed by atoms with Gasteiger partial charge in [-0.2, -0.15) is 0 Å². The van der Waals surface area contributed by atoms with Gasteiger partial charge in [-0.3, -0.25) is 14.5 Å². The average molecular weight is 495 g/mol. The van der Waals surface area contributed by atoms with Crippen LogP contribution in [0, 0.1) is 12.7 Å². The fourth-order valence-corrected chi connectivity index (χ4v) is 5.42. The summed E-state index contributed by atoms with van der Waals surface area (Å²) in [5.41, 5.74) is 1.81. The molecule has 7 nitrogen and oxygen atoms in total. The van der Waals surface area contributed by atoms with Crippen molar-refractivity contribution in [3.05, 3.63) is 65.5 Å². The normalized spacial score (nSPS) is 19.0. The fourth-order valence-electron chi connectivity index (χ4n) is 5.42. The average Bonchev–Trinajstić information content (AvgIpc) is 3.38. The fraction of sp³-hybridized carbons (Fsp3) is 0.464. The van der Waals surface area contributed by atoms with Crippen LogP contribution in [0.3, 0.4) is 0 Å². The van der Waals surface area contributed by atoms with E-state index < -0.39 is 23.8 Å². The zero-order valence-corrected chi connectivity index (χ0v) is 21.0.